The maximum Gasteiger partial charge on any atom is 0.324 e. The molecule has 2 aromatic rings. The number of amides is 2. The van der Waals surface area contributed by atoms with Gasteiger partial charge >= 0.3 is 12.0 Å². The van der Waals surface area contributed by atoms with Gasteiger partial charge in [0.2, 0.25) is 0 Å². The zero-order chi connectivity index (χ0) is 22.1. The first-order valence-electron chi connectivity index (χ1n) is 10.6. The number of aromatic nitrogens is 1. The maximum absolute atomic E-state index is 13.1. The predicted molar refractivity (Wildman–Crippen MR) is 124 cm³/mol. The van der Waals surface area contributed by atoms with Crippen molar-refractivity contribution in [3.8, 4) is 5.75 Å². The summed E-state index contributed by atoms with van der Waals surface area (Å²) in [6.07, 6.45) is 7.05. The van der Waals surface area contributed by atoms with Crippen LogP contribution in [0.15, 0.2) is 40.7 Å². The molecular weight excluding hydrogens is 434 g/mol. The molecule has 0 bridgehead atoms. The van der Waals surface area contributed by atoms with E-state index in [0.717, 1.165) is 41.6 Å². The summed E-state index contributed by atoms with van der Waals surface area (Å²) in [6.45, 7) is 3.14. The Labute approximate surface area is 191 Å². The van der Waals surface area contributed by atoms with E-state index in [4.69, 9.17) is 9.84 Å². The van der Waals surface area contributed by atoms with Crippen LogP contribution in [0, 0.1) is 5.92 Å². The molecule has 0 aliphatic heterocycles. The van der Waals surface area contributed by atoms with Crippen molar-refractivity contribution < 1.29 is 19.4 Å². The molecule has 2 amide bonds. The quantitative estimate of drug-likeness (QED) is 0.471. The molecule has 1 aliphatic rings. The van der Waals surface area contributed by atoms with Crippen molar-refractivity contribution in [3.05, 3.63) is 36.5 Å². The first-order valence-corrected chi connectivity index (χ1v) is 12.4. The van der Waals surface area contributed by atoms with Crippen LogP contribution in [0.2, 0.25) is 0 Å². The number of nitrogens with zero attached hydrogens (tertiary/aromatic N) is 2. The molecule has 0 unspecified atom stereocenters. The van der Waals surface area contributed by atoms with Crippen molar-refractivity contribution in [1.29, 1.82) is 0 Å². The number of hydrogen-bond acceptors (Lipinski definition) is 6. The summed E-state index contributed by atoms with van der Waals surface area (Å²) in [5, 5.41) is 12.2. The Balaban J connectivity index is 1.60. The van der Waals surface area contributed by atoms with Gasteiger partial charge in [0.1, 0.15) is 12.4 Å². The minimum atomic E-state index is -0.878. The van der Waals surface area contributed by atoms with E-state index in [1.165, 1.54) is 29.5 Å². The molecule has 0 radical (unpaired) electrons. The van der Waals surface area contributed by atoms with Gasteiger partial charge in [-0.15, -0.1) is 11.8 Å². The lowest BCUT2D eigenvalue weighted by Gasteiger charge is -2.36. The van der Waals surface area contributed by atoms with E-state index in [1.54, 1.807) is 6.20 Å². The molecule has 7 nitrogen and oxygen atoms in total. The van der Waals surface area contributed by atoms with Crippen molar-refractivity contribution in [1.82, 2.24) is 9.88 Å². The van der Waals surface area contributed by atoms with E-state index in [1.807, 2.05) is 35.2 Å². The lowest BCUT2D eigenvalue weighted by atomic mass is 9.84. The molecule has 1 aliphatic carbocycles. The minimum absolute atomic E-state index is 0.0286. The van der Waals surface area contributed by atoms with Gasteiger partial charge in [-0.05, 0) is 43.7 Å². The zero-order valence-corrected chi connectivity index (χ0v) is 19.3. The fourth-order valence-corrected chi connectivity index (χ4v) is 5.36. The number of ether oxygens (including phenoxy) is 1. The second kappa shape index (κ2) is 12.0. The van der Waals surface area contributed by atoms with Gasteiger partial charge in [0.05, 0.1) is 22.7 Å². The van der Waals surface area contributed by atoms with Gasteiger partial charge < -0.3 is 14.7 Å². The lowest BCUT2D eigenvalue weighted by Crippen LogP contribution is -2.46. The second-order valence-electron chi connectivity index (χ2n) is 7.53. The molecule has 168 valence electrons. The number of carbonyl (C=O) groups is 2. The topological polar surface area (TPSA) is 91.8 Å². The van der Waals surface area contributed by atoms with Crippen LogP contribution in [0.1, 0.15) is 39.0 Å². The third-order valence-corrected chi connectivity index (χ3v) is 7.57. The first-order chi connectivity index (χ1) is 15.0. The molecule has 31 heavy (non-hydrogen) atoms. The molecule has 3 rings (SSSR count). The highest BCUT2D eigenvalue weighted by atomic mass is 32.2. The van der Waals surface area contributed by atoms with Crippen LogP contribution in [0.4, 0.5) is 9.93 Å². The summed E-state index contributed by atoms with van der Waals surface area (Å²) < 4.78 is 6.60. The minimum Gasteiger partial charge on any atom is -0.492 e. The Morgan fingerprint density at radius 1 is 1.26 bits per heavy atom. The molecule has 1 aromatic carbocycles. The lowest BCUT2D eigenvalue weighted by molar-refractivity contribution is -0.133. The Hall–Kier alpha value is -2.26. The summed E-state index contributed by atoms with van der Waals surface area (Å²) in [5.74, 6) is 0.627. The Morgan fingerprint density at radius 2 is 2.00 bits per heavy atom. The molecule has 0 saturated heterocycles. The molecule has 1 saturated carbocycles. The molecular formula is C22H29N3O4S2. The average Bonchev–Trinajstić information content (AvgIpc) is 3.23. The van der Waals surface area contributed by atoms with E-state index in [2.05, 4.69) is 17.2 Å². The van der Waals surface area contributed by atoms with Gasteiger partial charge in [-0.1, -0.05) is 42.9 Å². The number of aliphatic carboxylic acids is 1. The van der Waals surface area contributed by atoms with E-state index in [-0.39, 0.29) is 17.8 Å². The van der Waals surface area contributed by atoms with Gasteiger partial charge in [0, 0.05) is 6.04 Å². The third-order valence-electron chi connectivity index (χ3n) is 5.48. The highest BCUT2D eigenvalue weighted by Gasteiger charge is 2.28. The van der Waals surface area contributed by atoms with Crippen LogP contribution in [0.5, 0.6) is 5.75 Å². The molecule has 0 atom stereocenters. The molecule has 2 N–H and O–H groups in total. The molecule has 1 aromatic heterocycles. The van der Waals surface area contributed by atoms with Gasteiger partial charge in [0.15, 0.2) is 5.13 Å². The van der Waals surface area contributed by atoms with Gasteiger partial charge in [-0.2, -0.15) is 0 Å². The van der Waals surface area contributed by atoms with Crippen LogP contribution < -0.4 is 10.1 Å². The highest BCUT2D eigenvalue weighted by Crippen LogP contribution is 2.31. The standard InChI is InChI=1S/C22H29N3O4S2/c1-2-16-8-10-17(11-9-16)25(12-13-29-18-6-4-3-5-7-18)22(28)24-21-23-14-20(31-21)30-15-19(26)27/h3-7,14,16-17H,2,8-13,15H2,1H3,(H,26,27)(H,23,24,28)/t16-,17-. The van der Waals surface area contributed by atoms with Crippen LogP contribution >= 0.6 is 23.1 Å². The second-order valence-corrected chi connectivity index (χ2v) is 9.84. The zero-order valence-electron chi connectivity index (χ0n) is 17.7. The van der Waals surface area contributed by atoms with Crippen molar-refractivity contribution >= 4 is 40.2 Å². The first kappa shape index (κ1) is 23.4. The summed E-state index contributed by atoms with van der Waals surface area (Å²) in [5.41, 5.74) is 0. The number of carbonyl (C=O) groups excluding carboxylic acids is 1. The number of nitrogens with one attached hydrogen (secondary N) is 1. The Morgan fingerprint density at radius 3 is 2.68 bits per heavy atom. The van der Waals surface area contributed by atoms with Gasteiger partial charge in [-0.3, -0.25) is 10.1 Å². The van der Waals surface area contributed by atoms with Crippen LogP contribution in [-0.4, -0.2) is 51.9 Å². The van der Waals surface area contributed by atoms with Gasteiger partial charge in [0.25, 0.3) is 0 Å². The van der Waals surface area contributed by atoms with Crippen molar-refractivity contribution in [2.75, 3.05) is 24.2 Å². The van der Waals surface area contributed by atoms with Crippen LogP contribution in [0.25, 0.3) is 0 Å². The summed E-state index contributed by atoms with van der Waals surface area (Å²) in [7, 11) is 0. The third kappa shape index (κ3) is 7.43. The fourth-order valence-electron chi connectivity index (χ4n) is 3.77. The number of hydrogen-bond donors (Lipinski definition) is 2. The summed E-state index contributed by atoms with van der Waals surface area (Å²) >= 11 is 2.49. The molecule has 9 heteroatoms. The SMILES string of the molecule is CC[C@H]1CC[C@H](N(CCOc2ccccc2)C(=O)Nc2ncc(SCC(=O)O)s2)CC1. The number of para-hydroxylation sites is 1. The average molecular weight is 464 g/mol. The number of urea groups is 1. The fraction of sp³-hybridized carbons (Fsp3) is 0.500. The summed E-state index contributed by atoms with van der Waals surface area (Å²) in [4.78, 5) is 30.0. The number of anilines is 1. The molecule has 1 fully saturated rings. The van der Waals surface area contributed by atoms with Crippen LogP contribution in [0.3, 0.4) is 0 Å². The van der Waals surface area contributed by atoms with Crippen molar-refractivity contribution in [2.45, 2.75) is 49.3 Å². The highest BCUT2D eigenvalue weighted by molar-refractivity contribution is 8.01. The van der Waals surface area contributed by atoms with Gasteiger partial charge in [-0.25, -0.2) is 9.78 Å². The van der Waals surface area contributed by atoms with E-state index in [0.29, 0.717) is 18.3 Å². The number of thioether (sulfide) groups is 1. The normalized spacial score (nSPS) is 18.4. The van der Waals surface area contributed by atoms with E-state index >= 15 is 0 Å². The molecule has 1 heterocycles. The number of carboxylic acids is 1. The van der Waals surface area contributed by atoms with E-state index in [9.17, 15) is 9.59 Å². The van der Waals surface area contributed by atoms with E-state index < -0.39 is 5.97 Å². The number of rotatable bonds is 10. The van der Waals surface area contributed by atoms with Crippen molar-refractivity contribution in [3.63, 3.8) is 0 Å². The number of benzene rings is 1. The number of carboxylic acid groups (broad SMARTS) is 1. The number of thiazole rings is 1. The smallest absolute Gasteiger partial charge is 0.324 e. The van der Waals surface area contributed by atoms with Crippen LogP contribution in [-0.2, 0) is 4.79 Å². The Bertz CT molecular complexity index is 838. The predicted octanol–water partition coefficient (Wildman–Crippen LogP) is 5.20. The van der Waals surface area contributed by atoms with Crippen molar-refractivity contribution in [2.24, 2.45) is 5.92 Å². The molecule has 0 spiro atoms. The maximum atomic E-state index is 13.1. The largest absolute Gasteiger partial charge is 0.492 e. The Kier molecular flexibility index (Phi) is 9.02. The monoisotopic (exact) mass is 463 g/mol. The summed E-state index contributed by atoms with van der Waals surface area (Å²) in [6, 6.07) is 9.60.